The molecule has 17 heavy (non-hydrogen) atoms. The highest BCUT2D eigenvalue weighted by molar-refractivity contribution is 7.91. The number of sulfone groups is 1. The van der Waals surface area contributed by atoms with E-state index in [1.54, 1.807) is 6.20 Å². The predicted molar refractivity (Wildman–Crippen MR) is 62.5 cm³/mol. The molecule has 0 bridgehead atoms. The molecule has 2 unspecified atom stereocenters. The molecule has 6 heteroatoms. The van der Waals surface area contributed by atoms with Crippen LogP contribution >= 0.6 is 0 Å². The molecular formula is C11H17NO4S. The number of hydrogen-bond acceptors (Lipinski definition) is 5. The average molecular weight is 259 g/mol. The Kier molecular flexibility index (Phi) is 3.53. The number of nitrogens with zero attached hydrogens (tertiary/aromatic N) is 1. The molecule has 1 aliphatic heterocycles. The Morgan fingerprint density at radius 2 is 2.41 bits per heavy atom. The molecule has 2 heterocycles. The van der Waals surface area contributed by atoms with Crippen LogP contribution in [0, 0.1) is 5.92 Å². The van der Waals surface area contributed by atoms with E-state index in [2.05, 4.69) is 4.98 Å². The largest absolute Gasteiger partial charge is 0.445 e. The van der Waals surface area contributed by atoms with E-state index in [4.69, 9.17) is 9.52 Å². The Hall–Kier alpha value is -0.880. The summed E-state index contributed by atoms with van der Waals surface area (Å²) in [6.45, 7) is 1.87. The van der Waals surface area contributed by atoms with Gasteiger partial charge in [0.1, 0.15) is 5.76 Å². The molecule has 1 aromatic rings. The Balaban J connectivity index is 1.98. The molecule has 1 N–H and O–H groups in total. The van der Waals surface area contributed by atoms with E-state index in [1.807, 2.05) is 6.92 Å². The molecule has 0 aliphatic carbocycles. The fourth-order valence-corrected chi connectivity index (χ4v) is 3.88. The molecule has 0 aromatic carbocycles. The summed E-state index contributed by atoms with van der Waals surface area (Å²) in [5.41, 5.74) is 0. The van der Waals surface area contributed by atoms with Crippen molar-refractivity contribution < 1.29 is 17.9 Å². The standard InChI is InChI=1S/C11H17NO4S/c1-8(6-13)10-5-12-11(16-10)4-9-2-3-17(14,15)7-9/h5,8-9,13H,2-4,6-7H2,1H3. The summed E-state index contributed by atoms with van der Waals surface area (Å²) in [6, 6.07) is 0. The van der Waals surface area contributed by atoms with Gasteiger partial charge in [-0.1, -0.05) is 6.92 Å². The van der Waals surface area contributed by atoms with Crippen LogP contribution in [0.4, 0.5) is 0 Å². The van der Waals surface area contributed by atoms with Crippen molar-refractivity contribution in [3.63, 3.8) is 0 Å². The summed E-state index contributed by atoms with van der Waals surface area (Å²) in [4.78, 5) is 4.12. The summed E-state index contributed by atoms with van der Waals surface area (Å²) in [7, 11) is -2.84. The van der Waals surface area contributed by atoms with E-state index in [1.165, 1.54) is 0 Å². The lowest BCUT2D eigenvalue weighted by Gasteiger charge is -2.04. The van der Waals surface area contributed by atoms with Crippen LogP contribution in [0.25, 0.3) is 0 Å². The Morgan fingerprint density at radius 3 is 3.00 bits per heavy atom. The summed E-state index contributed by atoms with van der Waals surface area (Å²) >= 11 is 0. The second kappa shape index (κ2) is 4.78. The van der Waals surface area contributed by atoms with Gasteiger partial charge in [-0.2, -0.15) is 0 Å². The monoisotopic (exact) mass is 259 g/mol. The first-order valence-corrected chi connectivity index (χ1v) is 7.58. The molecule has 1 aromatic heterocycles. The topological polar surface area (TPSA) is 80.4 Å². The highest BCUT2D eigenvalue weighted by Gasteiger charge is 2.29. The normalized spacial score (nSPS) is 24.9. The smallest absolute Gasteiger partial charge is 0.194 e. The van der Waals surface area contributed by atoms with Gasteiger partial charge in [-0.15, -0.1) is 0 Å². The van der Waals surface area contributed by atoms with Gasteiger partial charge in [-0.05, 0) is 12.3 Å². The quantitative estimate of drug-likeness (QED) is 0.863. The number of hydrogen-bond donors (Lipinski definition) is 1. The van der Waals surface area contributed by atoms with Gasteiger partial charge < -0.3 is 9.52 Å². The van der Waals surface area contributed by atoms with Crippen molar-refractivity contribution in [1.82, 2.24) is 4.98 Å². The maximum Gasteiger partial charge on any atom is 0.194 e. The molecule has 0 saturated carbocycles. The SMILES string of the molecule is CC(CO)c1cnc(CC2CCS(=O)(=O)C2)o1. The molecule has 5 nitrogen and oxygen atoms in total. The van der Waals surface area contributed by atoms with Crippen molar-refractivity contribution in [3.8, 4) is 0 Å². The Morgan fingerprint density at radius 1 is 1.65 bits per heavy atom. The molecule has 96 valence electrons. The highest BCUT2D eigenvalue weighted by atomic mass is 32.2. The zero-order valence-corrected chi connectivity index (χ0v) is 10.6. The minimum absolute atomic E-state index is 0.0203. The van der Waals surface area contributed by atoms with E-state index in [0.717, 1.165) is 0 Å². The lowest BCUT2D eigenvalue weighted by molar-refractivity contribution is 0.254. The maximum atomic E-state index is 11.3. The maximum absolute atomic E-state index is 11.3. The molecule has 0 spiro atoms. The van der Waals surface area contributed by atoms with Gasteiger partial charge >= 0.3 is 0 Å². The number of rotatable bonds is 4. The number of aliphatic hydroxyl groups is 1. The van der Waals surface area contributed by atoms with E-state index in [9.17, 15) is 8.42 Å². The summed E-state index contributed by atoms with van der Waals surface area (Å²) < 4.78 is 28.1. The van der Waals surface area contributed by atoms with Crippen molar-refractivity contribution in [2.75, 3.05) is 18.1 Å². The van der Waals surface area contributed by atoms with Crippen LogP contribution in [0.2, 0.25) is 0 Å². The molecule has 2 atom stereocenters. The molecule has 1 saturated heterocycles. The third-order valence-electron chi connectivity index (χ3n) is 3.12. The summed E-state index contributed by atoms with van der Waals surface area (Å²) in [5.74, 6) is 1.80. The summed E-state index contributed by atoms with van der Waals surface area (Å²) in [5, 5.41) is 8.98. The molecule has 2 rings (SSSR count). The van der Waals surface area contributed by atoms with Crippen LogP contribution in [0.5, 0.6) is 0 Å². The molecule has 1 fully saturated rings. The minimum Gasteiger partial charge on any atom is -0.445 e. The van der Waals surface area contributed by atoms with Gasteiger partial charge in [0.05, 0.1) is 24.3 Å². The first-order chi connectivity index (χ1) is 8.00. The molecular weight excluding hydrogens is 242 g/mol. The van der Waals surface area contributed by atoms with Crippen LogP contribution in [0.3, 0.4) is 0 Å². The fourth-order valence-electron chi connectivity index (χ4n) is 2.02. The van der Waals surface area contributed by atoms with Crippen LogP contribution in [-0.4, -0.2) is 36.6 Å². The average Bonchev–Trinajstić information content (AvgIpc) is 2.85. The van der Waals surface area contributed by atoms with Crippen molar-refractivity contribution in [2.24, 2.45) is 5.92 Å². The van der Waals surface area contributed by atoms with E-state index < -0.39 is 9.84 Å². The fraction of sp³-hybridized carbons (Fsp3) is 0.727. The summed E-state index contributed by atoms with van der Waals surface area (Å²) in [6.07, 6.45) is 2.87. The van der Waals surface area contributed by atoms with Gasteiger partial charge in [0.15, 0.2) is 15.7 Å². The lowest BCUT2D eigenvalue weighted by atomic mass is 10.1. The van der Waals surface area contributed by atoms with E-state index in [-0.39, 0.29) is 29.9 Å². The van der Waals surface area contributed by atoms with Gasteiger partial charge in [0.25, 0.3) is 0 Å². The molecule has 0 radical (unpaired) electrons. The minimum atomic E-state index is -2.84. The van der Waals surface area contributed by atoms with Crippen molar-refractivity contribution in [1.29, 1.82) is 0 Å². The second-order valence-corrected chi connectivity index (χ2v) is 6.94. The first kappa shape index (κ1) is 12.6. The third-order valence-corrected chi connectivity index (χ3v) is 4.96. The van der Waals surface area contributed by atoms with Crippen molar-refractivity contribution in [2.45, 2.75) is 25.7 Å². The third kappa shape index (κ3) is 3.07. The molecule has 1 aliphatic rings. The number of aromatic nitrogens is 1. The van der Waals surface area contributed by atoms with Crippen LogP contribution in [0.1, 0.15) is 30.9 Å². The van der Waals surface area contributed by atoms with E-state index in [0.29, 0.717) is 24.5 Å². The van der Waals surface area contributed by atoms with Crippen molar-refractivity contribution >= 4 is 9.84 Å². The van der Waals surface area contributed by atoms with Crippen LogP contribution in [-0.2, 0) is 16.3 Å². The first-order valence-electron chi connectivity index (χ1n) is 5.76. The Labute approximate surface area is 101 Å². The second-order valence-electron chi connectivity index (χ2n) is 4.71. The van der Waals surface area contributed by atoms with Gasteiger partial charge in [0.2, 0.25) is 0 Å². The van der Waals surface area contributed by atoms with Crippen LogP contribution < -0.4 is 0 Å². The Bertz CT molecular complexity index is 479. The van der Waals surface area contributed by atoms with Gasteiger partial charge in [0, 0.05) is 12.3 Å². The predicted octanol–water partition coefficient (Wildman–Crippen LogP) is 0.748. The van der Waals surface area contributed by atoms with Gasteiger partial charge in [-0.25, -0.2) is 13.4 Å². The highest BCUT2D eigenvalue weighted by Crippen LogP contribution is 2.23. The van der Waals surface area contributed by atoms with Crippen LogP contribution in [0.15, 0.2) is 10.6 Å². The van der Waals surface area contributed by atoms with E-state index >= 15 is 0 Å². The zero-order valence-electron chi connectivity index (χ0n) is 9.80. The zero-order chi connectivity index (χ0) is 12.5. The van der Waals surface area contributed by atoms with Crippen molar-refractivity contribution in [3.05, 3.63) is 17.8 Å². The number of aliphatic hydroxyl groups excluding tert-OH is 1. The van der Waals surface area contributed by atoms with Gasteiger partial charge in [-0.3, -0.25) is 0 Å². The number of oxazole rings is 1. The molecule has 0 amide bonds. The lowest BCUT2D eigenvalue weighted by Crippen LogP contribution is -2.07.